The number of carbonyl (C=O) groups excluding carboxylic acids is 1. The first-order valence-corrected chi connectivity index (χ1v) is 15.2. The molecule has 0 saturated carbocycles. The number of unbranched alkanes of at least 4 members (excludes halogenated alkanes) is 11. The minimum atomic E-state index is -4.73. The van der Waals surface area contributed by atoms with Gasteiger partial charge in [0.25, 0.3) is 0 Å². The molecule has 0 radical (unpaired) electrons. The van der Waals surface area contributed by atoms with Gasteiger partial charge in [-0.05, 0) is 44.9 Å². The van der Waals surface area contributed by atoms with Crippen molar-refractivity contribution < 1.29 is 21.9 Å². The van der Waals surface area contributed by atoms with Gasteiger partial charge in [-0.1, -0.05) is 104 Å². The predicted octanol–water partition coefficient (Wildman–Crippen LogP) is 7.66. The molecule has 1 atom stereocenters. The Balaban J connectivity index is 0. The maximum atomic E-state index is 12.0. The highest BCUT2D eigenvalue weighted by Gasteiger charge is 2.31. The van der Waals surface area contributed by atoms with E-state index in [4.69, 9.17) is 4.18 Å². The van der Waals surface area contributed by atoms with E-state index in [2.05, 4.69) is 19.2 Å². The molecule has 0 saturated heterocycles. The fourth-order valence-corrected chi connectivity index (χ4v) is 5.31. The van der Waals surface area contributed by atoms with Crippen molar-refractivity contribution in [2.24, 2.45) is 11.8 Å². The summed E-state index contributed by atoms with van der Waals surface area (Å²) in [6, 6.07) is 0. The second-order valence-corrected chi connectivity index (χ2v) is 11.9. The third-order valence-electron chi connectivity index (χ3n) is 6.78. The predicted molar refractivity (Wildman–Crippen MR) is 146 cm³/mol. The third-order valence-corrected chi connectivity index (χ3v) is 7.41. The van der Waals surface area contributed by atoms with Crippen LogP contribution in [0.4, 0.5) is 0 Å². The maximum absolute atomic E-state index is 12.0. The van der Waals surface area contributed by atoms with Gasteiger partial charge in [0.2, 0.25) is 16.3 Å². The molecule has 8 heteroatoms. The Kier molecular flexibility index (Phi) is 22.3. The zero-order valence-electron chi connectivity index (χ0n) is 23.8. The minimum absolute atomic E-state index is 0. The second kappa shape index (κ2) is 21.4. The lowest BCUT2D eigenvalue weighted by atomic mass is 9.85. The molecule has 1 amide bonds. The molecule has 212 valence electrons. The first-order valence-electron chi connectivity index (χ1n) is 13.9. The Morgan fingerprint density at radius 2 is 1.29 bits per heavy atom. The van der Waals surface area contributed by atoms with E-state index < -0.39 is 16.0 Å². The Labute approximate surface area is 217 Å². The average Bonchev–Trinajstić information content (AvgIpc) is 2.71. The van der Waals surface area contributed by atoms with Gasteiger partial charge < -0.3 is 16.0 Å². The number of nitrogens with one attached hydrogen (secondary N) is 1. The fraction of sp³-hybridized carbons (Fsp3) is 0.963. The largest absolute Gasteiger partial charge is 0.726 e. The van der Waals surface area contributed by atoms with E-state index in [1.807, 2.05) is 6.92 Å². The van der Waals surface area contributed by atoms with Crippen molar-refractivity contribution in [3.05, 3.63) is 0 Å². The summed E-state index contributed by atoms with van der Waals surface area (Å²) in [6.45, 7) is 10.4. The van der Waals surface area contributed by atoms with Gasteiger partial charge in [-0.3, -0.25) is 8.98 Å². The van der Waals surface area contributed by atoms with E-state index in [1.54, 1.807) is 13.8 Å². The minimum Gasteiger partial charge on any atom is -0.726 e. The summed E-state index contributed by atoms with van der Waals surface area (Å²) in [5, 5.41) is 2.95. The highest BCUT2D eigenvalue weighted by atomic mass is 32.3. The SMILES string of the molecule is CCC(CCCNC(=O)CCCCCCCCCCCCCCC(C)C)C(C)(C)OS(=O)(=O)[O-].[NH4+]. The quantitative estimate of drug-likeness (QED) is 0.0807. The molecule has 0 rings (SSSR count). The van der Waals surface area contributed by atoms with Gasteiger partial charge in [-0.25, -0.2) is 8.42 Å². The van der Waals surface area contributed by atoms with Crippen LogP contribution in [0.1, 0.15) is 144 Å². The molecular weight excluding hydrogens is 464 g/mol. The molecule has 0 fully saturated rings. The van der Waals surface area contributed by atoms with Gasteiger partial charge in [0.15, 0.2) is 0 Å². The first kappa shape index (κ1) is 36.5. The lowest BCUT2D eigenvalue weighted by molar-refractivity contribution is -0.121. The van der Waals surface area contributed by atoms with Crippen LogP contribution in [-0.4, -0.2) is 31.0 Å². The summed E-state index contributed by atoms with van der Waals surface area (Å²) < 4.78 is 37.5. The van der Waals surface area contributed by atoms with E-state index >= 15 is 0 Å². The smallest absolute Gasteiger partial charge is 0.219 e. The first-order chi connectivity index (χ1) is 16.0. The van der Waals surface area contributed by atoms with E-state index in [0.29, 0.717) is 25.8 Å². The number of quaternary nitrogens is 1. The summed E-state index contributed by atoms with van der Waals surface area (Å²) >= 11 is 0. The van der Waals surface area contributed by atoms with E-state index in [9.17, 15) is 17.8 Å². The lowest BCUT2D eigenvalue weighted by Gasteiger charge is -2.34. The van der Waals surface area contributed by atoms with Crippen LogP contribution in [0.5, 0.6) is 0 Å². The third kappa shape index (κ3) is 23.4. The zero-order chi connectivity index (χ0) is 25.9. The van der Waals surface area contributed by atoms with Crippen molar-refractivity contribution >= 4 is 16.3 Å². The van der Waals surface area contributed by atoms with Crippen LogP contribution in [0, 0.1) is 11.8 Å². The van der Waals surface area contributed by atoms with Crippen molar-refractivity contribution in [2.45, 2.75) is 149 Å². The van der Waals surface area contributed by atoms with Gasteiger partial charge in [-0.2, -0.15) is 0 Å². The zero-order valence-corrected chi connectivity index (χ0v) is 24.6. The average molecular weight is 523 g/mol. The summed E-state index contributed by atoms with van der Waals surface area (Å²) in [7, 11) is -4.73. The molecule has 0 aromatic carbocycles. The molecule has 0 aromatic rings. The summed E-state index contributed by atoms with van der Waals surface area (Å²) in [5.74, 6) is 0.858. The van der Waals surface area contributed by atoms with E-state index in [-0.39, 0.29) is 18.0 Å². The molecular formula is C27H58N2O5S. The highest BCUT2D eigenvalue weighted by molar-refractivity contribution is 7.80. The van der Waals surface area contributed by atoms with Crippen LogP contribution in [0.2, 0.25) is 0 Å². The molecule has 0 aliphatic heterocycles. The lowest BCUT2D eigenvalue weighted by Crippen LogP contribution is -2.37. The van der Waals surface area contributed by atoms with Crippen molar-refractivity contribution in [2.75, 3.05) is 6.54 Å². The molecule has 0 spiro atoms. The Bertz CT molecular complexity index is 609. The molecule has 0 aliphatic carbocycles. The Morgan fingerprint density at radius 3 is 1.71 bits per heavy atom. The number of amides is 1. The van der Waals surface area contributed by atoms with Crippen LogP contribution < -0.4 is 11.5 Å². The molecule has 35 heavy (non-hydrogen) atoms. The Morgan fingerprint density at radius 1 is 0.829 bits per heavy atom. The number of hydrogen-bond donors (Lipinski definition) is 2. The molecule has 0 aromatic heterocycles. The molecule has 0 bridgehead atoms. The summed E-state index contributed by atoms with van der Waals surface area (Å²) in [6.07, 6.45) is 19.5. The van der Waals surface area contributed by atoms with Gasteiger partial charge >= 0.3 is 0 Å². The maximum Gasteiger partial charge on any atom is 0.219 e. The van der Waals surface area contributed by atoms with Crippen LogP contribution in [0.3, 0.4) is 0 Å². The fourth-order valence-electron chi connectivity index (χ4n) is 4.64. The van der Waals surface area contributed by atoms with Crippen LogP contribution in [-0.2, 0) is 19.4 Å². The standard InChI is InChI=1S/C27H55NO5S.H3N/c1-6-25(27(4,5)33-34(30,31)32)21-19-23-28-26(29)22-18-16-14-12-10-8-7-9-11-13-15-17-20-24(2)3;/h24-25H,6-23H2,1-5H3,(H,28,29)(H,30,31,32);1H3. The molecule has 0 heterocycles. The van der Waals surface area contributed by atoms with E-state index in [1.165, 1.54) is 70.6 Å². The van der Waals surface area contributed by atoms with Gasteiger partial charge in [0, 0.05) is 13.0 Å². The highest BCUT2D eigenvalue weighted by Crippen LogP contribution is 2.29. The van der Waals surface area contributed by atoms with Crippen molar-refractivity contribution in [3.63, 3.8) is 0 Å². The van der Waals surface area contributed by atoms with Crippen LogP contribution in [0.25, 0.3) is 0 Å². The van der Waals surface area contributed by atoms with Gasteiger partial charge in [-0.15, -0.1) is 0 Å². The monoisotopic (exact) mass is 522 g/mol. The number of rotatable bonds is 23. The molecule has 0 aliphatic rings. The number of carbonyl (C=O) groups is 1. The summed E-state index contributed by atoms with van der Waals surface area (Å²) in [5.41, 5.74) is -1.04. The van der Waals surface area contributed by atoms with Crippen LogP contribution in [0.15, 0.2) is 0 Å². The van der Waals surface area contributed by atoms with Crippen molar-refractivity contribution in [1.29, 1.82) is 0 Å². The second-order valence-electron chi connectivity index (χ2n) is 10.9. The molecule has 7 nitrogen and oxygen atoms in total. The van der Waals surface area contributed by atoms with Crippen molar-refractivity contribution in [1.82, 2.24) is 11.5 Å². The van der Waals surface area contributed by atoms with Gasteiger partial charge in [0.1, 0.15) is 0 Å². The van der Waals surface area contributed by atoms with Crippen LogP contribution >= 0.6 is 0 Å². The Hall–Kier alpha value is -0.700. The normalized spacial score (nSPS) is 13.0. The van der Waals surface area contributed by atoms with Gasteiger partial charge in [0.05, 0.1) is 5.60 Å². The summed E-state index contributed by atoms with van der Waals surface area (Å²) in [4.78, 5) is 12.0. The van der Waals surface area contributed by atoms with Crippen molar-refractivity contribution in [3.8, 4) is 0 Å². The molecule has 1 unspecified atom stereocenters. The van der Waals surface area contributed by atoms with E-state index in [0.717, 1.165) is 25.2 Å². The molecule has 5 N–H and O–H groups in total. The number of hydrogen-bond acceptors (Lipinski definition) is 5. The topological polar surface area (TPSA) is 132 Å².